The van der Waals surface area contributed by atoms with E-state index in [2.05, 4.69) is 6.92 Å². The zero-order valence-corrected chi connectivity index (χ0v) is 11.7. The van der Waals surface area contributed by atoms with Crippen molar-refractivity contribution in [1.82, 2.24) is 9.80 Å². The summed E-state index contributed by atoms with van der Waals surface area (Å²) >= 11 is 0. The van der Waals surface area contributed by atoms with Crippen molar-refractivity contribution in [2.45, 2.75) is 45.1 Å². The van der Waals surface area contributed by atoms with Gasteiger partial charge in [0.05, 0.1) is 5.54 Å². The largest absolute Gasteiger partial charge is 0.331 e. The molecule has 1 aliphatic rings. The van der Waals surface area contributed by atoms with Gasteiger partial charge in [-0.3, -0.25) is 0 Å². The average molecular weight is 241 g/mol. The van der Waals surface area contributed by atoms with Gasteiger partial charge >= 0.3 is 6.03 Å². The Morgan fingerprint density at radius 3 is 2.24 bits per heavy atom. The standard InChI is InChI=1S/C13H27N3O/c1-5-16(12(17)15(3)4)13(10-14)8-6-11(2)7-9-13/h11H,5-10,14H2,1-4H3. The molecule has 0 aromatic heterocycles. The average Bonchev–Trinajstić information content (AvgIpc) is 2.32. The Bertz CT molecular complexity index is 257. The number of hydrogen-bond acceptors (Lipinski definition) is 2. The van der Waals surface area contributed by atoms with Crippen LogP contribution in [0, 0.1) is 5.92 Å². The van der Waals surface area contributed by atoms with E-state index < -0.39 is 0 Å². The molecule has 4 nitrogen and oxygen atoms in total. The molecule has 2 amide bonds. The van der Waals surface area contributed by atoms with Crippen molar-refractivity contribution in [2.75, 3.05) is 27.2 Å². The van der Waals surface area contributed by atoms with Gasteiger partial charge in [-0.25, -0.2) is 4.79 Å². The minimum atomic E-state index is -0.109. The molecule has 0 aromatic carbocycles. The summed E-state index contributed by atoms with van der Waals surface area (Å²) in [4.78, 5) is 15.8. The van der Waals surface area contributed by atoms with Crippen molar-refractivity contribution in [3.8, 4) is 0 Å². The number of urea groups is 1. The first-order valence-electron chi connectivity index (χ1n) is 6.66. The Labute approximate surface area is 105 Å². The first-order valence-corrected chi connectivity index (χ1v) is 6.66. The molecule has 0 heterocycles. The third-order valence-electron chi connectivity index (χ3n) is 4.09. The predicted octanol–water partition coefficient (Wildman–Crippen LogP) is 1.90. The maximum Gasteiger partial charge on any atom is 0.319 e. The molecule has 1 aliphatic carbocycles. The van der Waals surface area contributed by atoms with Crippen molar-refractivity contribution in [1.29, 1.82) is 0 Å². The molecule has 2 N–H and O–H groups in total. The number of hydrogen-bond donors (Lipinski definition) is 1. The van der Waals surface area contributed by atoms with Crippen LogP contribution in [0.1, 0.15) is 39.5 Å². The second kappa shape index (κ2) is 5.71. The minimum absolute atomic E-state index is 0.0903. The van der Waals surface area contributed by atoms with E-state index in [0.717, 1.165) is 25.3 Å². The quantitative estimate of drug-likeness (QED) is 0.820. The molecule has 0 unspecified atom stereocenters. The second-order valence-electron chi connectivity index (χ2n) is 5.53. The fourth-order valence-electron chi connectivity index (χ4n) is 2.80. The highest BCUT2D eigenvalue weighted by atomic mass is 16.2. The van der Waals surface area contributed by atoms with Gasteiger partial charge in [0.15, 0.2) is 0 Å². The zero-order valence-electron chi connectivity index (χ0n) is 11.7. The first kappa shape index (κ1) is 14.3. The van der Waals surface area contributed by atoms with E-state index in [1.54, 1.807) is 19.0 Å². The number of nitrogens with two attached hydrogens (primary N) is 1. The molecular weight excluding hydrogens is 214 g/mol. The molecule has 100 valence electrons. The summed E-state index contributed by atoms with van der Waals surface area (Å²) in [6, 6.07) is 0.0903. The van der Waals surface area contributed by atoms with Gasteiger partial charge in [0, 0.05) is 27.2 Å². The Kier molecular flexibility index (Phi) is 4.80. The Morgan fingerprint density at radius 1 is 1.35 bits per heavy atom. The van der Waals surface area contributed by atoms with E-state index >= 15 is 0 Å². The topological polar surface area (TPSA) is 49.6 Å². The fraction of sp³-hybridized carbons (Fsp3) is 0.923. The van der Waals surface area contributed by atoms with Gasteiger partial charge in [-0.2, -0.15) is 0 Å². The highest BCUT2D eigenvalue weighted by molar-refractivity contribution is 5.74. The summed E-state index contributed by atoms with van der Waals surface area (Å²) < 4.78 is 0. The van der Waals surface area contributed by atoms with Gasteiger partial charge in [-0.1, -0.05) is 6.92 Å². The zero-order chi connectivity index (χ0) is 13.1. The van der Waals surface area contributed by atoms with Crippen LogP contribution in [0.2, 0.25) is 0 Å². The summed E-state index contributed by atoms with van der Waals surface area (Å²) in [5.41, 5.74) is 5.88. The van der Waals surface area contributed by atoms with Crippen LogP contribution in [-0.2, 0) is 0 Å². The summed E-state index contributed by atoms with van der Waals surface area (Å²) in [7, 11) is 3.61. The van der Waals surface area contributed by atoms with E-state index in [-0.39, 0.29) is 11.6 Å². The number of rotatable bonds is 3. The number of carbonyl (C=O) groups excluding carboxylic acids is 1. The first-order chi connectivity index (χ1) is 7.96. The van der Waals surface area contributed by atoms with Gasteiger partial charge in [0.2, 0.25) is 0 Å². The van der Waals surface area contributed by atoms with Crippen LogP contribution in [0.3, 0.4) is 0 Å². The molecular formula is C13H27N3O. The number of nitrogens with zero attached hydrogens (tertiary/aromatic N) is 2. The molecule has 1 rings (SSSR count). The lowest BCUT2D eigenvalue weighted by Gasteiger charge is -2.47. The minimum Gasteiger partial charge on any atom is -0.331 e. The predicted molar refractivity (Wildman–Crippen MR) is 70.9 cm³/mol. The maximum absolute atomic E-state index is 12.2. The monoisotopic (exact) mass is 241 g/mol. The van der Waals surface area contributed by atoms with Gasteiger partial charge in [0.25, 0.3) is 0 Å². The Morgan fingerprint density at radius 2 is 1.88 bits per heavy atom. The number of likely N-dealkylation sites (N-methyl/N-ethyl adjacent to an activating group) is 1. The lowest BCUT2D eigenvalue weighted by Crippen LogP contribution is -2.59. The lowest BCUT2D eigenvalue weighted by molar-refractivity contribution is 0.0626. The molecule has 0 saturated heterocycles. The number of amides is 2. The third kappa shape index (κ3) is 2.92. The van der Waals surface area contributed by atoms with Crippen LogP contribution >= 0.6 is 0 Å². The highest BCUT2D eigenvalue weighted by Crippen LogP contribution is 2.36. The summed E-state index contributed by atoms with van der Waals surface area (Å²) in [5.74, 6) is 0.767. The van der Waals surface area contributed by atoms with Gasteiger partial charge in [0.1, 0.15) is 0 Å². The van der Waals surface area contributed by atoms with E-state index in [0.29, 0.717) is 6.54 Å². The molecule has 0 bridgehead atoms. The summed E-state index contributed by atoms with van der Waals surface area (Å²) in [5, 5.41) is 0. The Hall–Kier alpha value is -0.770. The molecule has 1 saturated carbocycles. The summed E-state index contributed by atoms with van der Waals surface area (Å²) in [6.07, 6.45) is 4.43. The van der Waals surface area contributed by atoms with E-state index in [9.17, 15) is 4.79 Å². The molecule has 0 aliphatic heterocycles. The van der Waals surface area contributed by atoms with Crippen molar-refractivity contribution < 1.29 is 4.79 Å². The van der Waals surface area contributed by atoms with Crippen LogP contribution in [-0.4, -0.2) is 48.6 Å². The van der Waals surface area contributed by atoms with E-state index in [1.807, 2.05) is 11.8 Å². The lowest BCUT2D eigenvalue weighted by atomic mass is 9.76. The van der Waals surface area contributed by atoms with Crippen LogP contribution in [0.4, 0.5) is 4.79 Å². The van der Waals surface area contributed by atoms with Crippen LogP contribution in [0.5, 0.6) is 0 Å². The fourth-order valence-corrected chi connectivity index (χ4v) is 2.80. The third-order valence-corrected chi connectivity index (χ3v) is 4.09. The van der Waals surface area contributed by atoms with Crippen LogP contribution in [0.25, 0.3) is 0 Å². The van der Waals surface area contributed by atoms with Crippen molar-refractivity contribution >= 4 is 6.03 Å². The van der Waals surface area contributed by atoms with Crippen LogP contribution < -0.4 is 5.73 Å². The van der Waals surface area contributed by atoms with Gasteiger partial charge in [-0.05, 0) is 38.5 Å². The maximum atomic E-state index is 12.2. The second-order valence-corrected chi connectivity index (χ2v) is 5.53. The van der Waals surface area contributed by atoms with Crippen molar-refractivity contribution in [3.63, 3.8) is 0 Å². The number of carbonyl (C=O) groups is 1. The summed E-state index contributed by atoms with van der Waals surface area (Å²) in [6.45, 7) is 5.64. The van der Waals surface area contributed by atoms with Crippen LogP contribution in [0.15, 0.2) is 0 Å². The molecule has 0 aromatic rings. The Balaban J connectivity index is 2.86. The molecule has 17 heavy (non-hydrogen) atoms. The SMILES string of the molecule is CCN(C(=O)N(C)C)C1(CN)CCC(C)CC1. The van der Waals surface area contributed by atoms with Crippen molar-refractivity contribution in [3.05, 3.63) is 0 Å². The van der Waals surface area contributed by atoms with E-state index in [4.69, 9.17) is 5.73 Å². The molecule has 0 radical (unpaired) electrons. The van der Waals surface area contributed by atoms with E-state index in [1.165, 1.54) is 12.8 Å². The smallest absolute Gasteiger partial charge is 0.319 e. The molecule has 0 spiro atoms. The highest BCUT2D eigenvalue weighted by Gasteiger charge is 2.40. The van der Waals surface area contributed by atoms with Gasteiger partial charge in [-0.15, -0.1) is 0 Å². The molecule has 1 fully saturated rings. The normalized spacial score (nSPS) is 28.9. The van der Waals surface area contributed by atoms with Crippen molar-refractivity contribution in [2.24, 2.45) is 11.7 Å². The van der Waals surface area contributed by atoms with Gasteiger partial charge < -0.3 is 15.5 Å². The molecule has 4 heteroatoms. The molecule has 0 atom stereocenters.